The Labute approximate surface area is 113 Å². The van der Waals surface area contributed by atoms with Crippen LogP contribution in [0.4, 0.5) is 0 Å². The maximum atomic E-state index is 10.5. The Morgan fingerprint density at radius 2 is 1.93 bits per heavy atom. The molecule has 0 unspecified atom stereocenters. The van der Waals surface area contributed by atoms with Crippen molar-refractivity contribution in [3.8, 4) is 11.3 Å². The van der Waals surface area contributed by atoms with Gasteiger partial charge in [-0.15, -0.1) is 11.3 Å². The predicted molar refractivity (Wildman–Crippen MR) is 51.9 cm³/mol. The van der Waals surface area contributed by atoms with Crippen LogP contribution >= 0.6 is 11.3 Å². The number of carboxylic acids is 1. The molecule has 0 radical (unpaired) electrons. The summed E-state index contributed by atoms with van der Waals surface area (Å²) in [4.78, 5) is 14.4. The van der Waals surface area contributed by atoms with Crippen LogP contribution in [0.1, 0.15) is 9.80 Å². The molecule has 15 heavy (non-hydrogen) atoms. The van der Waals surface area contributed by atoms with E-state index in [1.807, 2.05) is 30.3 Å². The van der Waals surface area contributed by atoms with Crippen LogP contribution in [0.5, 0.6) is 0 Å². The van der Waals surface area contributed by atoms with Gasteiger partial charge in [0, 0.05) is 10.9 Å². The number of aromatic carboxylic acids is 1. The van der Waals surface area contributed by atoms with Crippen molar-refractivity contribution in [2.45, 2.75) is 0 Å². The van der Waals surface area contributed by atoms with Crippen LogP contribution in [0.3, 0.4) is 0 Å². The Bertz CT molecular complexity index is 455. The van der Waals surface area contributed by atoms with Crippen molar-refractivity contribution < 1.29 is 39.5 Å². The zero-order valence-electron chi connectivity index (χ0n) is 8.14. The summed E-state index contributed by atoms with van der Waals surface area (Å²) in [6, 6.07) is 9.43. The molecule has 1 heterocycles. The van der Waals surface area contributed by atoms with E-state index in [-0.39, 0.29) is 34.6 Å². The second kappa shape index (κ2) is 5.42. The molecule has 0 aliphatic heterocycles. The van der Waals surface area contributed by atoms with Gasteiger partial charge in [-0.3, -0.25) is 0 Å². The van der Waals surface area contributed by atoms with Crippen LogP contribution in [0.15, 0.2) is 35.7 Å². The van der Waals surface area contributed by atoms with Gasteiger partial charge >= 0.3 is 29.6 Å². The Kier molecular flexibility index (Phi) is 4.47. The van der Waals surface area contributed by atoms with E-state index in [9.17, 15) is 9.90 Å². The van der Waals surface area contributed by atoms with Crippen molar-refractivity contribution in [3.63, 3.8) is 0 Å². The molecule has 0 aliphatic carbocycles. The first-order valence-corrected chi connectivity index (χ1v) is 4.87. The Morgan fingerprint density at radius 3 is 2.47 bits per heavy atom. The molecule has 0 bridgehead atoms. The third kappa shape index (κ3) is 2.89. The molecule has 0 atom stereocenters. The standard InChI is InChI=1S/C10H7NO2S.Na/c12-10(13)9-11-8(6-14-9)7-4-2-1-3-5-7;/h1-6H,(H,12,13);/q;+1/p-1. The van der Waals surface area contributed by atoms with Gasteiger partial charge in [0.2, 0.25) is 0 Å². The molecule has 0 saturated carbocycles. The number of nitrogens with zero attached hydrogens (tertiary/aromatic N) is 1. The Morgan fingerprint density at radius 1 is 1.27 bits per heavy atom. The summed E-state index contributed by atoms with van der Waals surface area (Å²) in [6.45, 7) is 0. The molecule has 0 N–H and O–H groups in total. The van der Waals surface area contributed by atoms with Crippen LogP contribution < -0.4 is 34.7 Å². The SMILES string of the molecule is O=C([O-])c1nc(-c2ccccc2)cs1.[Na+]. The van der Waals surface area contributed by atoms with Crippen LogP contribution in [0.2, 0.25) is 0 Å². The fraction of sp³-hybridized carbons (Fsp3) is 0. The minimum atomic E-state index is -1.22. The first-order valence-electron chi connectivity index (χ1n) is 3.99. The van der Waals surface area contributed by atoms with Gasteiger partial charge in [0.05, 0.1) is 5.69 Å². The third-order valence-electron chi connectivity index (χ3n) is 1.75. The second-order valence-corrected chi connectivity index (χ2v) is 3.55. The van der Waals surface area contributed by atoms with Crippen molar-refractivity contribution >= 4 is 17.3 Å². The number of benzene rings is 1. The minimum absolute atomic E-state index is 0. The number of rotatable bonds is 2. The van der Waals surface area contributed by atoms with Gasteiger partial charge in [0.25, 0.3) is 0 Å². The predicted octanol–water partition coefficient (Wildman–Crippen LogP) is -1.82. The molecule has 5 heteroatoms. The zero-order valence-corrected chi connectivity index (χ0v) is 11.0. The first kappa shape index (κ1) is 12.4. The molecule has 0 spiro atoms. The third-order valence-corrected chi connectivity index (χ3v) is 2.57. The summed E-state index contributed by atoms with van der Waals surface area (Å²) < 4.78 is 0. The number of carboxylic acid groups (broad SMARTS) is 1. The topological polar surface area (TPSA) is 53.0 Å². The fourth-order valence-corrected chi connectivity index (χ4v) is 1.77. The Hall–Kier alpha value is -0.680. The summed E-state index contributed by atoms with van der Waals surface area (Å²) in [6.07, 6.45) is 0. The smallest absolute Gasteiger partial charge is 0.542 e. The van der Waals surface area contributed by atoms with Crippen LogP contribution in [-0.2, 0) is 0 Å². The number of thiazole rings is 1. The first-order chi connectivity index (χ1) is 6.77. The van der Waals surface area contributed by atoms with Gasteiger partial charge in [0.1, 0.15) is 11.0 Å². The fourth-order valence-electron chi connectivity index (χ4n) is 1.11. The van der Waals surface area contributed by atoms with E-state index in [1.54, 1.807) is 5.38 Å². The molecule has 1 aromatic heterocycles. The van der Waals surface area contributed by atoms with E-state index in [0.29, 0.717) is 5.69 Å². The Balaban J connectivity index is 0.00000112. The van der Waals surface area contributed by atoms with Crippen molar-refractivity contribution in [2.24, 2.45) is 0 Å². The number of aromatic nitrogens is 1. The van der Waals surface area contributed by atoms with Gasteiger partial charge in [-0.2, -0.15) is 0 Å². The molecule has 2 aromatic rings. The van der Waals surface area contributed by atoms with E-state index < -0.39 is 5.97 Å². The van der Waals surface area contributed by atoms with Gasteiger partial charge in [-0.05, 0) is 0 Å². The van der Waals surface area contributed by atoms with E-state index in [2.05, 4.69) is 4.98 Å². The average molecular weight is 227 g/mol. The van der Waals surface area contributed by atoms with Crippen molar-refractivity contribution in [2.75, 3.05) is 0 Å². The van der Waals surface area contributed by atoms with Crippen molar-refractivity contribution in [1.29, 1.82) is 0 Å². The molecular formula is C10H6NNaO2S. The molecule has 70 valence electrons. The maximum Gasteiger partial charge on any atom is 1.00 e. The average Bonchev–Trinajstić information content (AvgIpc) is 2.68. The molecule has 0 saturated heterocycles. The van der Waals surface area contributed by atoms with E-state index >= 15 is 0 Å². The molecule has 0 amide bonds. The van der Waals surface area contributed by atoms with Crippen LogP contribution in [-0.4, -0.2) is 11.0 Å². The van der Waals surface area contributed by atoms with Gasteiger partial charge in [-0.1, -0.05) is 30.3 Å². The number of hydrogen-bond donors (Lipinski definition) is 0. The number of carbonyl (C=O) groups is 1. The van der Waals surface area contributed by atoms with Gasteiger partial charge in [-0.25, -0.2) is 4.98 Å². The molecule has 2 rings (SSSR count). The van der Waals surface area contributed by atoms with E-state index in [4.69, 9.17) is 0 Å². The quantitative estimate of drug-likeness (QED) is 0.567. The van der Waals surface area contributed by atoms with Crippen LogP contribution in [0.25, 0.3) is 11.3 Å². The summed E-state index contributed by atoms with van der Waals surface area (Å²) in [5.41, 5.74) is 1.59. The summed E-state index contributed by atoms with van der Waals surface area (Å²) in [7, 11) is 0. The molecule has 3 nitrogen and oxygen atoms in total. The van der Waals surface area contributed by atoms with Crippen molar-refractivity contribution in [1.82, 2.24) is 4.98 Å². The molecule has 0 fully saturated rings. The van der Waals surface area contributed by atoms with Gasteiger partial charge in [0.15, 0.2) is 0 Å². The van der Waals surface area contributed by atoms with Gasteiger partial charge < -0.3 is 9.90 Å². The summed E-state index contributed by atoms with van der Waals surface area (Å²) in [5, 5.41) is 12.2. The normalized spacial score (nSPS) is 9.33. The van der Waals surface area contributed by atoms with Crippen molar-refractivity contribution in [3.05, 3.63) is 40.7 Å². The number of hydrogen-bond acceptors (Lipinski definition) is 4. The summed E-state index contributed by atoms with van der Waals surface area (Å²) in [5.74, 6) is -1.22. The second-order valence-electron chi connectivity index (χ2n) is 2.69. The molecular weight excluding hydrogens is 221 g/mol. The molecule has 0 aliphatic rings. The number of carbonyl (C=O) groups excluding carboxylic acids is 1. The summed E-state index contributed by atoms with van der Waals surface area (Å²) >= 11 is 1.08. The van der Waals surface area contributed by atoms with E-state index in [1.165, 1.54) is 0 Å². The minimum Gasteiger partial charge on any atom is -0.542 e. The zero-order chi connectivity index (χ0) is 9.97. The van der Waals surface area contributed by atoms with Crippen LogP contribution in [0, 0.1) is 0 Å². The monoisotopic (exact) mass is 227 g/mol. The molecule has 1 aromatic carbocycles. The maximum absolute atomic E-state index is 10.5. The van der Waals surface area contributed by atoms with E-state index in [0.717, 1.165) is 16.9 Å². The largest absolute Gasteiger partial charge is 1.00 e.